The van der Waals surface area contributed by atoms with Crippen LogP contribution in [0.4, 0.5) is 0 Å². The van der Waals surface area contributed by atoms with Crippen molar-refractivity contribution < 1.29 is 4.79 Å². The van der Waals surface area contributed by atoms with E-state index in [-0.39, 0.29) is 5.78 Å². The molecule has 0 fully saturated rings. The van der Waals surface area contributed by atoms with E-state index in [4.69, 9.17) is 0 Å². The second-order valence-electron chi connectivity index (χ2n) is 3.60. The number of benzene rings is 1. The molecule has 1 nitrogen and oxygen atoms in total. The number of aryl methyl sites for hydroxylation is 1. The predicted octanol–water partition coefficient (Wildman–Crippen LogP) is 3.48. The van der Waals surface area contributed by atoms with Crippen LogP contribution in [0, 0.1) is 6.92 Å². The highest BCUT2D eigenvalue weighted by Crippen LogP contribution is 2.11. The Balaban J connectivity index is 2.13. The minimum absolute atomic E-state index is 0.196. The molecule has 0 saturated heterocycles. The monoisotopic (exact) mass is 216 g/mol. The summed E-state index contributed by atoms with van der Waals surface area (Å²) in [5.41, 5.74) is 3.11. The molecule has 2 aromatic rings. The summed E-state index contributed by atoms with van der Waals surface area (Å²) in [7, 11) is 0. The molecule has 1 heterocycles. The zero-order chi connectivity index (χ0) is 10.7. The van der Waals surface area contributed by atoms with E-state index in [1.54, 1.807) is 11.3 Å². The molecule has 0 unspecified atom stereocenters. The molecule has 0 aliphatic heterocycles. The molecule has 2 heteroatoms. The number of carbonyl (C=O) groups excluding carboxylic acids is 1. The number of ketones is 1. The number of thiophene rings is 1. The number of Topliss-reactive ketones (excluding diaryl/α,β-unsaturated/α-hetero) is 1. The Kier molecular flexibility index (Phi) is 2.97. The summed E-state index contributed by atoms with van der Waals surface area (Å²) in [4.78, 5) is 11.8. The molecule has 0 spiro atoms. The van der Waals surface area contributed by atoms with Crippen LogP contribution >= 0.6 is 11.3 Å². The molecular formula is C13H12OS. The van der Waals surface area contributed by atoms with Crippen molar-refractivity contribution in [3.8, 4) is 0 Å². The summed E-state index contributed by atoms with van der Waals surface area (Å²) < 4.78 is 0. The van der Waals surface area contributed by atoms with E-state index < -0.39 is 0 Å². The SMILES string of the molecule is Cc1cccc(CC(=O)c2ccsc2)c1. The molecule has 1 aromatic heterocycles. The highest BCUT2D eigenvalue weighted by Gasteiger charge is 2.06. The van der Waals surface area contributed by atoms with Crippen LogP contribution in [0.1, 0.15) is 21.5 Å². The molecule has 0 atom stereocenters. The number of rotatable bonds is 3. The maximum atomic E-state index is 11.8. The van der Waals surface area contributed by atoms with Gasteiger partial charge in [0.2, 0.25) is 0 Å². The van der Waals surface area contributed by atoms with Crippen LogP contribution in [0.25, 0.3) is 0 Å². The summed E-state index contributed by atoms with van der Waals surface area (Å²) >= 11 is 1.56. The van der Waals surface area contributed by atoms with Gasteiger partial charge in [-0.3, -0.25) is 4.79 Å². The molecular weight excluding hydrogens is 204 g/mol. The summed E-state index contributed by atoms with van der Waals surface area (Å²) in [5.74, 6) is 0.196. The van der Waals surface area contributed by atoms with Crippen LogP contribution in [0.5, 0.6) is 0 Å². The van der Waals surface area contributed by atoms with Crippen molar-refractivity contribution in [1.82, 2.24) is 0 Å². The van der Waals surface area contributed by atoms with Crippen LogP contribution in [-0.4, -0.2) is 5.78 Å². The lowest BCUT2D eigenvalue weighted by Gasteiger charge is -2.00. The Labute approximate surface area is 93.4 Å². The lowest BCUT2D eigenvalue weighted by Crippen LogP contribution is -2.01. The normalized spacial score (nSPS) is 10.2. The number of hydrogen-bond donors (Lipinski definition) is 0. The Morgan fingerprint density at radius 2 is 2.20 bits per heavy atom. The third kappa shape index (κ3) is 2.54. The van der Waals surface area contributed by atoms with Crippen molar-refractivity contribution in [1.29, 1.82) is 0 Å². The Morgan fingerprint density at radius 3 is 2.87 bits per heavy atom. The fourth-order valence-corrected chi connectivity index (χ4v) is 2.19. The van der Waals surface area contributed by atoms with Gasteiger partial charge in [0.25, 0.3) is 0 Å². The van der Waals surface area contributed by atoms with Gasteiger partial charge in [-0.2, -0.15) is 11.3 Å². The van der Waals surface area contributed by atoms with Gasteiger partial charge in [-0.05, 0) is 23.9 Å². The van der Waals surface area contributed by atoms with E-state index >= 15 is 0 Å². The van der Waals surface area contributed by atoms with Gasteiger partial charge in [0, 0.05) is 17.4 Å². The first-order chi connectivity index (χ1) is 7.25. The van der Waals surface area contributed by atoms with Crippen LogP contribution in [0.15, 0.2) is 41.1 Å². The van der Waals surface area contributed by atoms with Gasteiger partial charge in [0.05, 0.1) is 0 Å². The van der Waals surface area contributed by atoms with Crippen molar-refractivity contribution in [3.63, 3.8) is 0 Å². The summed E-state index contributed by atoms with van der Waals surface area (Å²) in [6, 6.07) is 9.97. The average Bonchev–Trinajstić information content (AvgIpc) is 2.70. The molecule has 0 radical (unpaired) electrons. The fraction of sp³-hybridized carbons (Fsp3) is 0.154. The van der Waals surface area contributed by atoms with Crippen molar-refractivity contribution in [3.05, 3.63) is 57.8 Å². The van der Waals surface area contributed by atoms with Crippen molar-refractivity contribution in [2.45, 2.75) is 13.3 Å². The molecule has 0 aliphatic rings. The first kappa shape index (κ1) is 10.1. The molecule has 1 aromatic carbocycles. The maximum Gasteiger partial charge on any atom is 0.168 e. The topological polar surface area (TPSA) is 17.1 Å². The standard InChI is InChI=1S/C13H12OS/c1-10-3-2-4-11(7-10)8-13(14)12-5-6-15-9-12/h2-7,9H,8H2,1H3. The van der Waals surface area contributed by atoms with E-state index in [2.05, 4.69) is 6.07 Å². The average molecular weight is 216 g/mol. The zero-order valence-electron chi connectivity index (χ0n) is 8.57. The van der Waals surface area contributed by atoms with Gasteiger partial charge in [0.1, 0.15) is 0 Å². The number of hydrogen-bond acceptors (Lipinski definition) is 2. The maximum absolute atomic E-state index is 11.8. The lowest BCUT2D eigenvalue weighted by molar-refractivity contribution is 0.0993. The van der Waals surface area contributed by atoms with E-state index in [0.717, 1.165) is 11.1 Å². The van der Waals surface area contributed by atoms with E-state index in [1.807, 2.05) is 41.9 Å². The number of carbonyl (C=O) groups is 1. The van der Waals surface area contributed by atoms with Gasteiger partial charge < -0.3 is 0 Å². The summed E-state index contributed by atoms with van der Waals surface area (Å²) in [6.07, 6.45) is 0.498. The summed E-state index contributed by atoms with van der Waals surface area (Å²) in [6.45, 7) is 2.04. The van der Waals surface area contributed by atoms with E-state index in [1.165, 1.54) is 5.56 Å². The Morgan fingerprint density at radius 1 is 1.33 bits per heavy atom. The van der Waals surface area contributed by atoms with Gasteiger partial charge in [-0.25, -0.2) is 0 Å². The summed E-state index contributed by atoms with van der Waals surface area (Å²) in [5, 5.41) is 3.83. The quantitative estimate of drug-likeness (QED) is 0.718. The van der Waals surface area contributed by atoms with Crippen LogP contribution in [0.3, 0.4) is 0 Å². The Bertz CT molecular complexity index is 457. The molecule has 76 valence electrons. The van der Waals surface area contributed by atoms with Crippen molar-refractivity contribution in [2.75, 3.05) is 0 Å². The van der Waals surface area contributed by atoms with Gasteiger partial charge in [0.15, 0.2) is 5.78 Å². The molecule has 0 N–H and O–H groups in total. The predicted molar refractivity (Wildman–Crippen MR) is 63.5 cm³/mol. The first-order valence-corrected chi connectivity index (χ1v) is 5.81. The van der Waals surface area contributed by atoms with Gasteiger partial charge in [-0.15, -0.1) is 0 Å². The highest BCUT2D eigenvalue weighted by molar-refractivity contribution is 7.08. The second kappa shape index (κ2) is 4.41. The lowest BCUT2D eigenvalue weighted by atomic mass is 10.0. The highest BCUT2D eigenvalue weighted by atomic mass is 32.1. The first-order valence-electron chi connectivity index (χ1n) is 4.86. The minimum Gasteiger partial charge on any atom is -0.294 e. The molecule has 0 aliphatic carbocycles. The minimum atomic E-state index is 0.196. The molecule has 0 saturated carbocycles. The third-order valence-electron chi connectivity index (χ3n) is 2.29. The second-order valence-corrected chi connectivity index (χ2v) is 4.38. The smallest absolute Gasteiger partial charge is 0.168 e. The van der Waals surface area contributed by atoms with Gasteiger partial charge >= 0.3 is 0 Å². The molecule has 0 bridgehead atoms. The van der Waals surface area contributed by atoms with E-state index in [0.29, 0.717) is 6.42 Å². The largest absolute Gasteiger partial charge is 0.294 e. The molecule has 15 heavy (non-hydrogen) atoms. The fourth-order valence-electron chi connectivity index (χ4n) is 1.53. The van der Waals surface area contributed by atoms with Crippen molar-refractivity contribution in [2.24, 2.45) is 0 Å². The van der Waals surface area contributed by atoms with Crippen LogP contribution in [-0.2, 0) is 6.42 Å². The third-order valence-corrected chi connectivity index (χ3v) is 2.97. The van der Waals surface area contributed by atoms with Gasteiger partial charge in [-0.1, -0.05) is 29.8 Å². The molecule has 2 rings (SSSR count). The van der Waals surface area contributed by atoms with Crippen LogP contribution < -0.4 is 0 Å². The zero-order valence-corrected chi connectivity index (χ0v) is 9.38. The van der Waals surface area contributed by atoms with Crippen LogP contribution in [0.2, 0.25) is 0 Å². The van der Waals surface area contributed by atoms with E-state index in [9.17, 15) is 4.79 Å². The molecule has 0 amide bonds. The van der Waals surface area contributed by atoms with Crippen molar-refractivity contribution >= 4 is 17.1 Å². The Hall–Kier alpha value is -1.41.